The van der Waals surface area contributed by atoms with Crippen LogP contribution in [0.4, 0.5) is 0 Å². The van der Waals surface area contributed by atoms with Gasteiger partial charge >= 0.3 is 0 Å². The number of rotatable bonds is 3. The Morgan fingerprint density at radius 3 is 2.91 bits per heavy atom. The molecule has 0 aliphatic carbocycles. The molecule has 3 rings (SSSR count). The molecule has 0 bridgehead atoms. The van der Waals surface area contributed by atoms with Crippen LogP contribution in [-0.4, -0.2) is 84.3 Å². The van der Waals surface area contributed by atoms with E-state index in [-0.39, 0.29) is 12.0 Å². The van der Waals surface area contributed by atoms with Crippen LogP contribution < -0.4 is 0 Å². The summed E-state index contributed by atoms with van der Waals surface area (Å²) in [7, 11) is 0. The molecule has 2 fully saturated rings. The second kappa shape index (κ2) is 7.21. The van der Waals surface area contributed by atoms with E-state index in [1.165, 1.54) is 0 Å². The standard InChI is InChI=1S/C15H24N4O3/c1-12-9-16-14(17-12)15(20)19-3-2-6-22-13(11-19)10-18-4-7-21-8-5-18/h9,13H,2-8,10-11H2,1H3,(H,16,17). The topological polar surface area (TPSA) is 70.7 Å². The highest BCUT2D eigenvalue weighted by atomic mass is 16.5. The minimum atomic E-state index is -0.0365. The Kier molecular flexibility index (Phi) is 5.07. The third kappa shape index (κ3) is 3.85. The molecule has 2 saturated heterocycles. The maximum Gasteiger partial charge on any atom is 0.289 e. The lowest BCUT2D eigenvalue weighted by Gasteiger charge is -2.31. The van der Waals surface area contributed by atoms with Crippen LogP contribution >= 0.6 is 0 Å². The number of nitrogens with one attached hydrogen (secondary N) is 1. The van der Waals surface area contributed by atoms with Crippen LogP contribution in [0.15, 0.2) is 6.20 Å². The predicted molar refractivity (Wildman–Crippen MR) is 80.8 cm³/mol. The Morgan fingerprint density at radius 2 is 2.18 bits per heavy atom. The van der Waals surface area contributed by atoms with Crippen molar-refractivity contribution in [1.82, 2.24) is 19.8 Å². The van der Waals surface area contributed by atoms with Crippen molar-refractivity contribution in [2.24, 2.45) is 0 Å². The zero-order chi connectivity index (χ0) is 15.4. The van der Waals surface area contributed by atoms with Crippen LogP contribution in [0.25, 0.3) is 0 Å². The molecule has 7 heteroatoms. The number of hydrogen-bond acceptors (Lipinski definition) is 5. The first-order valence-electron chi connectivity index (χ1n) is 7.95. The molecule has 1 unspecified atom stereocenters. The van der Waals surface area contributed by atoms with Gasteiger partial charge in [0.25, 0.3) is 5.91 Å². The fourth-order valence-electron chi connectivity index (χ4n) is 2.93. The largest absolute Gasteiger partial charge is 0.379 e. The molecule has 0 aromatic carbocycles. The molecule has 1 atom stereocenters. The first-order chi connectivity index (χ1) is 10.7. The highest BCUT2D eigenvalue weighted by Crippen LogP contribution is 2.11. The minimum absolute atomic E-state index is 0.0365. The third-order valence-electron chi connectivity index (χ3n) is 4.11. The van der Waals surface area contributed by atoms with Crippen molar-refractivity contribution < 1.29 is 14.3 Å². The van der Waals surface area contributed by atoms with E-state index in [1.807, 2.05) is 11.8 Å². The molecule has 1 aromatic heterocycles. The molecule has 0 spiro atoms. The molecule has 3 heterocycles. The predicted octanol–water partition coefficient (Wildman–Crippen LogP) is 0.281. The summed E-state index contributed by atoms with van der Waals surface area (Å²) in [5.41, 5.74) is 0.902. The number of carbonyl (C=O) groups excluding carboxylic acids is 1. The Morgan fingerprint density at radius 1 is 1.36 bits per heavy atom. The lowest BCUT2D eigenvalue weighted by atomic mass is 10.2. The highest BCUT2D eigenvalue weighted by molar-refractivity contribution is 5.90. The van der Waals surface area contributed by atoms with Gasteiger partial charge in [0.05, 0.1) is 19.3 Å². The summed E-state index contributed by atoms with van der Waals surface area (Å²) in [6.45, 7) is 8.23. The van der Waals surface area contributed by atoms with Crippen LogP contribution in [0.1, 0.15) is 22.7 Å². The number of morpholine rings is 1. The van der Waals surface area contributed by atoms with Gasteiger partial charge in [-0.3, -0.25) is 9.69 Å². The zero-order valence-corrected chi connectivity index (χ0v) is 13.1. The Balaban J connectivity index is 1.60. The number of aromatic amines is 1. The first kappa shape index (κ1) is 15.5. The monoisotopic (exact) mass is 308 g/mol. The smallest absolute Gasteiger partial charge is 0.289 e. The van der Waals surface area contributed by atoms with Gasteiger partial charge < -0.3 is 19.4 Å². The van der Waals surface area contributed by atoms with Crippen LogP contribution in [0, 0.1) is 6.92 Å². The lowest BCUT2D eigenvalue weighted by molar-refractivity contribution is -0.0113. The summed E-state index contributed by atoms with van der Waals surface area (Å²) in [4.78, 5) is 23.9. The van der Waals surface area contributed by atoms with E-state index in [4.69, 9.17) is 9.47 Å². The molecule has 22 heavy (non-hydrogen) atoms. The number of carbonyl (C=O) groups is 1. The fraction of sp³-hybridized carbons (Fsp3) is 0.733. The maximum atomic E-state index is 12.5. The lowest BCUT2D eigenvalue weighted by Crippen LogP contribution is -2.46. The third-order valence-corrected chi connectivity index (χ3v) is 4.11. The average Bonchev–Trinajstić information content (AvgIpc) is 2.83. The van der Waals surface area contributed by atoms with Crippen molar-refractivity contribution in [2.45, 2.75) is 19.4 Å². The second-order valence-corrected chi connectivity index (χ2v) is 5.93. The summed E-state index contributed by atoms with van der Waals surface area (Å²) >= 11 is 0. The van der Waals surface area contributed by atoms with Gasteiger partial charge in [0.2, 0.25) is 0 Å². The van der Waals surface area contributed by atoms with Crippen molar-refractivity contribution in [1.29, 1.82) is 0 Å². The van der Waals surface area contributed by atoms with Gasteiger partial charge in [-0.25, -0.2) is 4.98 Å². The number of imidazole rings is 1. The highest BCUT2D eigenvalue weighted by Gasteiger charge is 2.26. The zero-order valence-electron chi connectivity index (χ0n) is 13.1. The SMILES string of the molecule is Cc1cnc(C(=O)N2CCCOC(CN3CCOCC3)C2)[nH]1. The van der Waals surface area contributed by atoms with Crippen molar-refractivity contribution in [3.05, 3.63) is 17.7 Å². The van der Waals surface area contributed by atoms with E-state index in [9.17, 15) is 4.79 Å². The molecule has 0 saturated carbocycles. The van der Waals surface area contributed by atoms with E-state index in [0.29, 0.717) is 19.0 Å². The summed E-state index contributed by atoms with van der Waals surface area (Å²) in [5, 5.41) is 0. The summed E-state index contributed by atoms with van der Waals surface area (Å²) in [6, 6.07) is 0. The molecule has 0 radical (unpaired) electrons. The summed E-state index contributed by atoms with van der Waals surface area (Å²) in [5.74, 6) is 0.384. The molecule has 2 aliphatic rings. The van der Waals surface area contributed by atoms with Crippen molar-refractivity contribution in [2.75, 3.05) is 52.5 Å². The molecule has 122 valence electrons. The number of hydrogen-bond donors (Lipinski definition) is 1. The van der Waals surface area contributed by atoms with E-state index in [0.717, 1.165) is 51.5 Å². The minimum Gasteiger partial charge on any atom is -0.379 e. The van der Waals surface area contributed by atoms with E-state index < -0.39 is 0 Å². The van der Waals surface area contributed by atoms with Crippen molar-refractivity contribution in [3.63, 3.8) is 0 Å². The molecular formula is C15H24N4O3. The van der Waals surface area contributed by atoms with Crippen molar-refractivity contribution in [3.8, 4) is 0 Å². The quantitative estimate of drug-likeness (QED) is 0.868. The first-order valence-corrected chi connectivity index (χ1v) is 7.95. The number of amides is 1. The second-order valence-electron chi connectivity index (χ2n) is 5.93. The summed E-state index contributed by atoms with van der Waals surface area (Å²) in [6.07, 6.45) is 2.61. The molecule has 2 aliphatic heterocycles. The van der Waals surface area contributed by atoms with E-state index in [1.54, 1.807) is 6.20 Å². The number of nitrogens with zero attached hydrogens (tertiary/aromatic N) is 3. The van der Waals surface area contributed by atoms with Crippen molar-refractivity contribution >= 4 is 5.91 Å². The molecule has 7 nitrogen and oxygen atoms in total. The maximum absolute atomic E-state index is 12.5. The fourth-order valence-corrected chi connectivity index (χ4v) is 2.93. The van der Waals surface area contributed by atoms with Gasteiger partial charge in [-0.05, 0) is 13.3 Å². The Bertz CT molecular complexity index is 499. The normalized spacial score (nSPS) is 24.2. The molecule has 1 N–H and O–H groups in total. The van der Waals surface area contributed by atoms with Crippen LogP contribution in [0.3, 0.4) is 0 Å². The van der Waals surface area contributed by atoms with Gasteiger partial charge in [-0.15, -0.1) is 0 Å². The Labute approximate surface area is 130 Å². The van der Waals surface area contributed by atoms with Gasteiger partial charge in [0.15, 0.2) is 5.82 Å². The average molecular weight is 308 g/mol. The van der Waals surface area contributed by atoms with Crippen LogP contribution in [-0.2, 0) is 9.47 Å². The summed E-state index contributed by atoms with van der Waals surface area (Å²) < 4.78 is 11.3. The van der Waals surface area contributed by atoms with Gasteiger partial charge in [0.1, 0.15) is 0 Å². The van der Waals surface area contributed by atoms with Crippen LogP contribution in [0.5, 0.6) is 0 Å². The molecule has 1 aromatic rings. The van der Waals surface area contributed by atoms with Gasteiger partial charge in [0, 0.05) is 51.2 Å². The van der Waals surface area contributed by atoms with Gasteiger partial charge in [-0.1, -0.05) is 0 Å². The number of aryl methyl sites for hydroxylation is 1. The Hall–Kier alpha value is -1.44. The number of ether oxygens (including phenoxy) is 2. The molecule has 1 amide bonds. The number of H-pyrrole nitrogens is 1. The van der Waals surface area contributed by atoms with E-state index in [2.05, 4.69) is 14.9 Å². The number of aromatic nitrogens is 2. The van der Waals surface area contributed by atoms with E-state index >= 15 is 0 Å². The van der Waals surface area contributed by atoms with Gasteiger partial charge in [-0.2, -0.15) is 0 Å². The molecular weight excluding hydrogens is 284 g/mol. The van der Waals surface area contributed by atoms with Crippen LogP contribution in [0.2, 0.25) is 0 Å².